The minimum absolute atomic E-state index is 0.271. The number of ether oxygens (including phenoxy) is 1. The van der Waals surface area contributed by atoms with Gasteiger partial charge in [-0.1, -0.05) is 17.7 Å². The fourth-order valence-corrected chi connectivity index (χ4v) is 3.76. The molecule has 1 aromatic heterocycles. The van der Waals surface area contributed by atoms with E-state index in [0.29, 0.717) is 48.7 Å². The molecule has 0 spiro atoms. The van der Waals surface area contributed by atoms with Crippen LogP contribution in [-0.4, -0.2) is 72.9 Å². The van der Waals surface area contributed by atoms with Gasteiger partial charge in [-0.25, -0.2) is 14.8 Å². The molecule has 34 heavy (non-hydrogen) atoms. The van der Waals surface area contributed by atoms with E-state index in [2.05, 4.69) is 11.1 Å². The summed E-state index contributed by atoms with van der Waals surface area (Å²) in [6, 6.07) is 8.99. The highest BCUT2D eigenvalue weighted by molar-refractivity contribution is 6.34. The largest absolute Gasteiger partial charge is 0.444 e. The number of hydrogen-bond donors (Lipinski definition) is 0. The van der Waals surface area contributed by atoms with Crippen LogP contribution in [0.2, 0.25) is 5.02 Å². The Bertz CT molecular complexity index is 1120. The van der Waals surface area contributed by atoms with E-state index in [1.54, 1.807) is 35.4 Å². The maximum atomic E-state index is 12.3. The van der Waals surface area contributed by atoms with Crippen LogP contribution >= 0.6 is 11.6 Å². The number of carbonyl (C=O) groups excluding carboxylic acids is 2. The van der Waals surface area contributed by atoms with E-state index in [1.807, 2.05) is 25.7 Å². The predicted molar refractivity (Wildman–Crippen MR) is 129 cm³/mol. The zero-order chi connectivity index (χ0) is 25.0. The Morgan fingerprint density at radius 1 is 1.15 bits per heavy atom. The van der Waals surface area contributed by atoms with Gasteiger partial charge in [0.15, 0.2) is 0 Å². The molecule has 0 saturated carbocycles. The smallest absolute Gasteiger partial charge is 0.410 e. The van der Waals surface area contributed by atoms with Gasteiger partial charge in [0.2, 0.25) is 0 Å². The molecule has 2 amide bonds. The van der Waals surface area contributed by atoms with Crippen molar-refractivity contribution >= 4 is 29.4 Å². The Balaban J connectivity index is 1.76. The van der Waals surface area contributed by atoms with Crippen molar-refractivity contribution in [3.05, 3.63) is 46.6 Å². The third-order valence-electron chi connectivity index (χ3n) is 5.31. The first-order valence-electron chi connectivity index (χ1n) is 10.8. The highest BCUT2D eigenvalue weighted by atomic mass is 35.5. The number of rotatable bonds is 4. The summed E-state index contributed by atoms with van der Waals surface area (Å²) in [6.07, 6.45) is 1.33. The number of nitrogens with zero attached hydrogens (tertiary/aromatic N) is 5. The van der Waals surface area contributed by atoms with Crippen molar-refractivity contribution in [1.29, 1.82) is 5.26 Å². The van der Waals surface area contributed by atoms with Crippen molar-refractivity contribution in [2.75, 3.05) is 45.2 Å². The van der Waals surface area contributed by atoms with Gasteiger partial charge in [-0.15, -0.1) is 0 Å². The summed E-state index contributed by atoms with van der Waals surface area (Å²) in [4.78, 5) is 37.7. The lowest BCUT2D eigenvalue weighted by Gasteiger charge is -2.36. The molecule has 9 nitrogen and oxygen atoms in total. The lowest BCUT2D eigenvalue weighted by Crippen LogP contribution is -2.50. The van der Waals surface area contributed by atoms with Crippen molar-refractivity contribution in [1.82, 2.24) is 14.9 Å². The van der Waals surface area contributed by atoms with E-state index in [1.165, 1.54) is 14.2 Å². The molecule has 2 aromatic rings. The standard InChI is InChI=1S/C24H28ClN5O4/c1-24(2,3)34-23(32)30-10-8-29(9-11-30)21-17(14-26)12-18(15-27-21)16-6-7-19(20(25)13-16)22(31)28(4)33-5/h6-7,12-13,15H,8-11H2,1-5H3. The van der Waals surface area contributed by atoms with Crippen molar-refractivity contribution in [3.63, 3.8) is 0 Å². The molecule has 0 atom stereocenters. The SMILES string of the molecule is CON(C)C(=O)c1ccc(-c2cnc(N3CCN(C(=O)OC(C)(C)C)CC3)c(C#N)c2)cc1Cl. The number of pyridine rings is 1. The summed E-state index contributed by atoms with van der Waals surface area (Å²) >= 11 is 6.34. The first kappa shape index (κ1) is 25.3. The first-order valence-corrected chi connectivity index (χ1v) is 11.2. The van der Waals surface area contributed by atoms with Gasteiger partial charge in [-0.2, -0.15) is 5.26 Å². The molecule has 2 heterocycles. The first-order chi connectivity index (χ1) is 16.0. The molecule has 10 heteroatoms. The van der Waals surface area contributed by atoms with E-state index < -0.39 is 5.60 Å². The van der Waals surface area contributed by atoms with Crippen molar-refractivity contribution in [2.45, 2.75) is 26.4 Å². The van der Waals surface area contributed by atoms with Crippen LogP contribution in [0.5, 0.6) is 0 Å². The average Bonchev–Trinajstić information content (AvgIpc) is 2.81. The number of benzene rings is 1. The number of aromatic nitrogens is 1. The number of nitriles is 1. The molecular formula is C24H28ClN5O4. The van der Waals surface area contributed by atoms with E-state index >= 15 is 0 Å². The predicted octanol–water partition coefficient (Wildman–Crippen LogP) is 3.96. The summed E-state index contributed by atoms with van der Waals surface area (Å²) in [5, 5.41) is 11.1. The van der Waals surface area contributed by atoms with E-state index in [0.717, 1.165) is 10.6 Å². The average molecular weight is 486 g/mol. The van der Waals surface area contributed by atoms with Crippen LogP contribution in [0, 0.1) is 11.3 Å². The van der Waals surface area contributed by atoms with Gasteiger partial charge in [-0.05, 0) is 44.5 Å². The quantitative estimate of drug-likeness (QED) is 0.604. The topological polar surface area (TPSA) is 99.0 Å². The third kappa shape index (κ3) is 5.76. The Morgan fingerprint density at radius 3 is 2.38 bits per heavy atom. The van der Waals surface area contributed by atoms with Gasteiger partial charge in [0.25, 0.3) is 5.91 Å². The van der Waals surface area contributed by atoms with Gasteiger partial charge in [0, 0.05) is 45.0 Å². The molecule has 1 fully saturated rings. The third-order valence-corrected chi connectivity index (χ3v) is 5.62. The van der Waals surface area contributed by atoms with Crippen LogP contribution in [0.1, 0.15) is 36.7 Å². The molecule has 1 saturated heterocycles. The van der Waals surface area contributed by atoms with Gasteiger partial charge >= 0.3 is 6.09 Å². The molecule has 0 N–H and O–H groups in total. The Kier molecular flexibility index (Phi) is 7.64. The normalized spacial score (nSPS) is 13.9. The van der Waals surface area contributed by atoms with Crippen LogP contribution < -0.4 is 4.90 Å². The van der Waals surface area contributed by atoms with Gasteiger partial charge in [-0.3, -0.25) is 9.63 Å². The zero-order valence-electron chi connectivity index (χ0n) is 20.0. The zero-order valence-corrected chi connectivity index (χ0v) is 20.7. The lowest BCUT2D eigenvalue weighted by molar-refractivity contribution is -0.0756. The van der Waals surface area contributed by atoms with Crippen LogP contribution in [0.3, 0.4) is 0 Å². The second-order valence-corrected chi connectivity index (χ2v) is 9.25. The summed E-state index contributed by atoms with van der Waals surface area (Å²) in [7, 11) is 2.90. The van der Waals surface area contributed by atoms with E-state index in [9.17, 15) is 14.9 Å². The van der Waals surface area contributed by atoms with Crippen LogP contribution in [0.15, 0.2) is 30.5 Å². The summed E-state index contributed by atoms with van der Waals surface area (Å²) in [6.45, 7) is 7.54. The molecule has 1 aliphatic heterocycles. The summed E-state index contributed by atoms with van der Waals surface area (Å²) < 4.78 is 5.44. The number of hydroxylamine groups is 2. The highest BCUT2D eigenvalue weighted by Crippen LogP contribution is 2.29. The number of anilines is 1. The van der Waals surface area contributed by atoms with Gasteiger partial charge in [0.05, 0.1) is 23.3 Å². The molecule has 3 rings (SSSR count). The van der Waals surface area contributed by atoms with E-state index in [4.69, 9.17) is 21.2 Å². The Hall–Kier alpha value is -3.35. The molecule has 180 valence electrons. The van der Waals surface area contributed by atoms with Crippen LogP contribution in [0.4, 0.5) is 10.6 Å². The van der Waals surface area contributed by atoms with Crippen molar-refractivity contribution < 1.29 is 19.2 Å². The number of carbonyl (C=O) groups is 2. The van der Waals surface area contributed by atoms with Crippen LogP contribution in [0.25, 0.3) is 11.1 Å². The molecule has 0 radical (unpaired) electrons. The molecular weight excluding hydrogens is 458 g/mol. The monoisotopic (exact) mass is 485 g/mol. The maximum absolute atomic E-state index is 12.3. The minimum atomic E-state index is -0.548. The molecule has 0 unspecified atom stereocenters. The minimum Gasteiger partial charge on any atom is -0.444 e. The van der Waals surface area contributed by atoms with Crippen molar-refractivity contribution in [2.24, 2.45) is 0 Å². The second kappa shape index (κ2) is 10.3. The second-order valence-electron chi connectivity index (χ2n) is 8.84. The Morgan fingerprint density at radius 2 is 1.82 bits per heavy atom. The Labute approximate surface area is 204 Å². The fourth-order valence-electron chi connectivity index (χ4n) is 3.50. The molecule has 1 aromatic carbocycles. The van der Waals surface area contributed by atoms with E-state index in [-0.39, 0.29) is 17.0 Å². The summed E-state index contributed by atoms with van der Waals surface area (Å²) in [5.41, 5.74) is 1.61. The van der Waals surface area contributed by atoms with Crippen LogP contribution in [-0.2, 0) is 9.57 Å². The number of halogens is 1. The fraction of sp³-hybridized carbons (Fsp3) is 0.417. The molecule has 0 bridgehead atoms. The lowest BCUT2D eigenvalue weighted by atomic mass is 10.0. The van der Waals surface area contributed by atoms with Gasteiger partial charge in [0.1, 0.15) is 17.5 Å². The number of piperazine rings is 1. The molecule has 0 aliphatic carbocycles. The van der Waals surface area contributed by atoms with Gasteiger partial charge < -0.3 is 14.5 Å². The van der Waals surface area contributed by atoms with Crippen molar-refractivity contribution in [3.8, 4) is 17.2 Å². The highest BCUT2D eigenvalue weighted by Gasteiger charge is 2.27. The maximum Gasteiger partial charge on any atom is 0.410 e. The summed E-state index contributed by atoms with van der Waals surface area (Å²) in [5.74, 6) is 0.200. The molecule has 1 aliphatic rings. The number of amides is 2. The number of hydrogen-bond acceptors (Lipinski definition) is 7.